The Morgan fingerprint density at radius 3 is 2.72 bits per heavy atom. The molecule has 1 fully saturated rings. The highest BCUT2D eigenvalue weighted by Gasteiger charge is 2.30. The SMILES string of the molecule is Cc1ccc(Cc2c[nH]c(NC(=O)C3CCCCC3NC=O)c2)cc1. The highest BCUT2D eigenvalue weighted by molar-refractivity contribution is 5.92. The molecule has 1 aromatic carbocycles. The predicted octanol–water partition coefficient (Wildman–Crippen LogP) is 3.16. The summed E-state index contributed by atoms with van der Waals surface area (Å²) in [4.78, 5) is 26.5. The molecule has 1 aliphatic rings. The van der Waals surface area contributed by atoms with Gasteiger partial charge in [0.05, 0.1) is 5.92 Å². The standard InChI is InChI=1S/C20H25N3O2/c1-14-6-8-15(9-7-14)10-16-11-19(21-12-16)23-20(25)17-4-2-3-5-18(17)22-13-24/h6-9,11-13,17-18,21H,2-5,10H2,1H3,(H,22,24)(H,23,25). The quantitative estimate of drug-likeness (QED) is 0.707. The van der Waals surface area contributed by atoms with Gasteiger partial charge < -0.3 is 15.6 Å². The number of rotatable bonds is 6. The van der Waals surface area contributed by atoms with Crippen molar-refractivity contribution < 1.29 is 9.59 Å². The van der Waals surface area contributed by atoms with E-state index in [2.05, 4.69) is 46.8 Å². The van der Waals surface area contributed by atoms with Crippen molar-refractivity contribution in [2.75, 3.05) is 5.32 Å². The van der Waals surface area contributed by atoms with Gasteiger partial charge >= 0.3 is 0 Å². The second kappa shape index (κ2) is 8.01. The van der Waals surface area contributed by atoms with E-state index >= 15 is 0 Å². The number of aromatic nitrogens is 1. The van der Waals surface area contributed by atoms with Crippen molar-refractivity contribution in [1.82, 2.24) is 10.3 Å². The first-order chi connectivity index (χ1) is 12.2. The number of H-pyrrole nitrogens is 1. The fourth-order valence-electron chi connectivity index (χ4n) is 3.51. The lowest BCUT2D eigenvalue weighted by Gasteiger charge is -2.29. The number of amides is 2. The molecule has 3 rings (SSSR count). The molecule has 1 heterocycles. The van der Waals surface area contributed by atoms with Gasteiger partial charge in [-0.1, -0.05) is 42.7 Å². The van der Waals surface area contributed by atoms with Crippen LogP contribution in [0.3, 0.4) is 0 Å². The van der Waals surface area contributed by atoms with Crippen LogP contribution in [0.25, 0.3) is 0 Å². The summed E-state index contributed by atoms with van der Waals surface area (Å²) in [6.45, 7) is 2.08. The van der Waals surface area contributed by atoms with E-state index in [1.807, 2.05) is 12.3 Å². The fourth-order valence-corrected chi connectivity index (χ4v) is 3.51. The van der Waals surface area contributed by atoms with E-state index in [0.717, 1.165) is 37.7 Å². The number of hydrogen-bond acceptors (Lipinski definition) is 2. The molecular formula is C20H25N3O2. The molecule has 2 amide bonds. The van der Waals surface area contributed by atoms with Gasteiger partial charge in [-0.2, -0.15) is 0 Å². The average molecular weight is 339 g/mol. The third-order valence-corrected chi connectivity index (χ3v) is 4.91. The minimum atomic E-state index is -0.164. The average Bonchev–Trinajstić information content (AvgIpc) is 3.04. The van der Waals surface area contributed by atoms with Crippen LogP contribution < -0.4 is 10.6 Å². The van der Waals surface area contributed by atoms with Crippen molar-refractivity contribution in [1.29, 1.82) is 0 Å². The Morgan fingerprint density at radius 2 is 1.96 bits per heavy atom. The van der Waals surface area contributed by atoms with Crippen LogP contribution in [0, 0.1) is 12.8 Å². The maximum absolute atomic E-state index is 12.6. The Balaban J connectivity index is 1.61. The molecule has 3 N–H and O–H groups in total. The number of hydrogen-bond donors (Lipinski definition) is 3. The summed E-state index contributed by atoms with van der Waals surface area (Å²) in [6.07, 6.45) is 7.21. The number of carbonyl (C=O) groups is 2. The first kappa shape index (κ1) is 17.3. The molecule has 25 heavy (non-hydrogen) atoms. The van der Waals surface area contributed by atoms with E-state index in [0.29, 0.717) is 12.2 Å². The zero-order chi connectivity index (χ0) is 17.6. The van der Waals surface area contributed by atoms with E-state index in [9.17, 15) is 9.59 Å². The maximum Gasteiger partial charge on any atom is 0.230 e. The van der Waals surface area contributed by atoms with Gasteiger partial charge in [-0.25, -0.2) is 0 Å². The van der Waals surface area contributed by atoms with Gasteiger partial charge in [0.25, 0.3) is 0 Å². The topological polar surface area (TPSA) is 74.0 Å². The zero-order valence-electron chi connectivity index (χ0n) is 14.5. The second-order valence-electron chi connectivity index (χ2n) is 6.86. The molecule has 5 heteroatoms. The summed E-state index contributed by atoms with van der Waals surface area (Å²) in [6, 6.07) is 10.4. The van der Waals surface area contributed by atoms with Gasteiger partial charge in [-0.05, 0) is 43.4 Å². The lowest BCUT2D eigenvalue weighted by Crippen LogP contribution is -2.43. The van der Waals surface area contributed by atoms with Crippen LogP contribution >= 0.6 is 0 Å². The summed E-state index contributed by atoms with van der Waals surface area (Å²) in [5.41, 5.74) is 3.62. The molecule has 2 unspecified atom stereocenters. The Bertz CT molecular complexity index is 721. The number of aromatic amines is 1. The molecule has 1 aromatic heterocycles. The number of aryl methyl sites for hydroxylation is 1. The van der Waals surface area contributed by atoms with Gasteiger partial charge in [0.2, 0.25) is 12.3 Å². The van der Waals surface area contributed by atoms with Crippen molar-refractivity contribution in [3.05, 3.63) is 53.2 Å². The summed E-state index contributed by atoms with van der Waals surface area (Å²) in [5, 5.41) is 5.76. The molecule has 1 saturated carbocycles. The minimum Gasteiger partial charge on any atom is -0.355 e. The Labute approximate surface area is 148 Å². The van der Waals surface area contributed by atoms with Crippen molar-refractivity contribution in [3.8, 4) is 0 Å². The lowest BCUT2D eigenvalue weighted by molar-refractivity contribution is -0.122. The Morgan fingerprint density at radius 1 is 1.20 bits per heavy atom. The first-order valence-electron chi connectivity index (χ1n) is 8.89. The van der Waals surface area contributed by atoms with Crippen LogP contribution in [-0.4, -0.2) is 23.3 Å². The third kappa shape index (κ3) is 4.50. The molecule has 0 radical (unpaired) electrons. The predicted molar refractivity (Wildman–Crippen MR) is 98.4 cm³/mol. The molecule has 1 aliphatic carbocycles. The largest absolute Gasteiger partial charge is 0.355 e. The number of nitrogens with one attached hydrogen (secondary N) is 3. The van der Waals surface area contributed by atoms with Crippen molar-refractivity contribution in [3.63, 3.8) is 0 Å². The molecule has 5 nitrogen and oxygen atoms in total. The van der Waals surface area contributed by atoms with E-state index in [-0.39, 0.29) is 17.9 Å². The molecule has 132 valence electrons. The van der Waals surface area contributed by atoms with Gasteiger partial charge in [0.15, 0.2) is 0 Å². The molecule has 2 atom stereocenters. The molecule has 2 aromatic rings. The van der Waals surface area contributed by atoms with Crippen LogP contribution in [0.15, 0.2) is 36.5 Å². The Hall–Kier alpha value is -2.56. The first-order valence-corrected chi connectivity index (χ1v) is 8.89. The monoisotopic (exact) mass is 339 g/mol. The zero-order valence-corrected chi connectivity index (χ0v) is 14.5. The van der Waals surface area contributed by atoms with E-state index in [1.165, 1.54) is 11.1 Å². The van der Waals surface area contributed by atoms with E-state index in [4.69, 9.17) is 0 Å². The van der Waals surface area contributed by atoms with E-state index in [1.54, 1.807) is 0 Å². The molecule has 0 aliphatic heterocycles. The van der Waals surface area contributed by atoms with Crippen LogP contribution in [0.4, 0.5) is 5.82 Å². The normalized spacial score (nSPS) is 20.0. The van der Waals surface area contributed by atoms with Crippen LogP contribution in [-0.2, 0) is 16.0 Å². The van der Waals surface area contributed by atoms with Crippen LogP contribution in [0.1, 0.15) is 42.4 Å². The summed E-state index contributed by atoms with van der Waals surface area (Å²) in [7, 11) is 0. The summed E-state index contributed by atoms with van der Waals surface area (Å²) in [5.74, 6) is 0.521. The van der Waals surface area contributed by atoms with Gasteiger partial charge in [0, 0.05) is 12.2 Å². The summed E-state index contributed by atoms with van der Waals surface area (Å²) < 4.78 is 0. The van der Waals surface area contributed by atoms with E-state index < -0.39 is 0 Å². The van der Waals surface area contributed by atoms with Crippen molar-refractivity contribution in [2.45, 2.75) is 45.1 Å². The third-order valence-electron chi connectivity index (χ3n) is 4.91. The highest BCUT2D eigenvalue weighted by atomic mass is 16.2. The van der Waals surface area contributed by atoms with Crippen molar-refractivity contribution in [2.24, 2.45) is 5.92 Å². The highest BCUT2D eigenvalue weighted by Crippen LogP contribution is 2.25. The Kier molecular flexibility index (Phi) is 5.53. The lowest BCUT2D eigenvalue weighted by atomic mass is 9.84. The maximum atomic E-state index is 12.6. The minimum absolute atomic E-state index is 0.0252. The van der Waals surface area contributed by atoms with Crippen LogP contribution in [0.5, 0.6) is 0 Å². The van der Waals surface area contributed by atoms with Crippen molar-refractivity contribution >= 4 is 18.1 Å². The van der Waals surface area contributed by atoms with Gasteiger partial charge in [-0.15, -0.1) is 0 Å². The van der Waals surface area contributed by atoms with Gasteiger partial charge in [-0.3, -0.25) is 9.59 Å². The van der Waals surface area contributed by atoms with Crippen LogP contribution in [0.2, 0.25) is 0 Å². The number of benzene rings is 1. The molecule has 0 bridgehead atoms. The fraction of sp³-hybridized carbons (Fsp3) is 0.400. The molecule has 0 saturated heterocycles. The smallest absolute Gasteiger partial charge is 0.230 e. The number of anilines is 1. The molecule has 0 spiro atoms. The number of carbonyl (C=O) groups excluding carboxylic acids is 2. The molecular weight excluding hydrogens is 314 g/mol. The second-order valence-corrected chi connectivity index (χ2v) is 6.86. The summed E-state index contributed by atoms with van der Waals surface area (Å²) >= 11 is 0. The van der Waals surface area contributed by atoms with Gasteiger partial charge in [0.1, 0.15) is 5.82 Å².